The topological polar surface area (TPSA) is 111 Å². The van der Waals surface area contributed by atoms with Crippen LogP contribution in [0.1, 0.15) is 57.5 Å². The first-order valence-corrected chi connectivity index (χ1v) is 13.1. The van der Waals surface area contributed by atoms with E-state index in [4.69, 9.17) is 21.6 Å². The van der Waals surface area contributed by atoms with Crippen LogP contribution in [0.3, 0.4) is 0 Å². The summed E-state index contributed by atoms with van der Waals surface area (Å²) in [6.07, 6.45) is 2.98. The standard InChI is InChI=1S/C28H36ClN5O3/c1-16-13-34(14-17(2)21(16)15-35)26-31-11-19(12-32-26)23(36)33-24-27(3,4)25(28(24,5)6)37-20-8-7-18(10-30)22(29)9-20/h7-9,11-12,16-17,21,24-25,35H,13-15H2,1-6H3,(H,33,36)/t16-,17+,21?,24?,25?. The fourth-order valence-corrected chi connectivity index (χ4v) is 6.75. The minimum atomic E-state index is -0.357. The highest BCUT2D eigenvalue weighted by Crippen LogP contribution is 2.55. The van der Waals surface area contributed by atoms with Crippen molar-refractivity contribution in [3.63, 3.8) is 0 Å². The SMILES string of the molecule is C[C@@H]1CN(c2ncc(C(=O)NC3C(C)(C)C(Oc4ccc(C#N)c(Cl)c4)C3(C)C)cn2)C[C@H](C)C1CO. The third kappa shape index (κ3) is 4.99. The summed E-state index contributed by atoms with van der Waals surface area (Å²) in [4.78, 5) is 24.3. The van der Waals surface area contributed by atoms with E-state index in [0.717, 1.165) is 13.1 Å². The lowest BCUT2D eigenvalue weighted by Crippen LogP contribution is -2.74. The van der Waals surface area contributed by atoms with Gasteiger partial charge in [-0.1, -0.05) is 53.1 Å². The van der Waals surface area contributed by atoms with Gasteiger partial charge in [-0.15, -0.1) is 0 Å². The second-order valence-corrected chi connectivity index (χ2v) is 12.2. The van der Waals surface area contributed by atoms with Crippen molar-refractivity contribution in [3.8, 4) is 11.8 Å². The minimum absolute atomic E-state index is 0.148. The van der Waals surface area contributed by atoms with Crippen molar-refractivity contribution < 1.29 is 14.6 Å². The fraction of sp³-hybridized carbons (Fsp3) is 0.571. The molecule has 2 fully saturated rings. The molecule has 1 aliphatic heterocycles. The highest BCUT2D eigenvalue weighted by Gasteiger charge is 2.64. The number of nitrogens with one attached hydrogen (secondary N) is 1. The summed E-state index contributed by atoms with van der Waals surface area (Å²) in [7, 11) is 0. The van der Waals surface area contributed by atoms with E-state index in [1.54, 1.807) is 30.6 Å². The number of aromatic nitrogens is 2. The molecule has 1 aliphatic carbocycles. The number of amides is 1. The summed E-state index contributed by atoms with van der Waals surface area (Å²) in [6, 6.07) is 6.96. The molecule has 2 aromatic rings. The molecule has 198 valence electrons. The molecule has 2 aliphatic rings. The Bertz CT molecular complexity index is 1170. The molecule has 1 saturated carbocycles. The molecule has 1 aromatic carbocycles. The fourth-order valence-electron chi connectivity index (χ4n) is 6.54. The van der Waals surface area contributed by atoms with Crippen molar-refractivity contribution in [2.45, 2.75) is 53.7 Å². The largest absolute Gasteiger partial charge is 0.489 e. The molecule has 8 nitrogen and oxygen atoms in total. The van der Waals surface area contributed by atoms with Gasteiger partial charge in [0.2, 0.25) is 5.95 Å². The van der Waals surface area contributed by atoms with E-state index in [1.165, 1.54) is 0 Å². The second-order valence-electron chi connectivity index (χ2n) is 11.8. The summed E-state index contributed by atoms with van der Waals surface area (Å²) in [6.45, 7) is 14.3. The zero-order valence-corrected chi connectivity index (χ0v) is 23.1. The smallest absolute Gasteiger partial charge is 0.254 e. The van der Waals surface area contributed by atoms with Crippen LogP contribution in [0.4, 0.5) is 5.95 Å². The highest BCUT2D eigenvalue weighted by atomic mass is 35.5. The molecule has 3 atom stereocenters. The number of hydrogen-bond donors (Lipinski definition) is 2. The molecular weight excluding hydrogens is 490 g/mol. The van der Waals surface area contributed by atoms with Crippen LogP contribution in [0.5, 0.6) is 5.75 Å². The normalized spacial score (nSPS) is 28.1. The Morgan fingerprint density at radius 2 is 1.78 bits per heavy atom. The number of halogens is 1. The van der Waals surface area contributed by atoms with Crippen molar-refractivity contribution in [2.24, 2.45) is 28.6 Å². The Balaban J connectivity index is 1.42. The van der Waals surface area contributed by atoms with E-state index in [-0.39, 0.29) is 41.4 Å². The number of carbonyl (C=O) groups is 1. The Kier molecular flexibility index (Phi) is 7.42. The van der Waals surface area contributed by atoms with E-state index in [2.05, 4.69) is 67.8 Å². The van der Waals surface area contributed by atoms with E-state index in [0.29, 0.717) is 39.7 Å². The first-order chi connectivity index (χ1) is 17.4. The van der Waals surface area contributed by atoms with Gasteiger partial charge in [-0.05, 0) is 29.9 Å². The van der Waals surface area contributed by atoms with E-state index < -0.39 is 0 Å². The third-order valence-corrected chi connectivity index (χ3v) is 8.62. The van der Waals surface area contributed by atoms with Crippen LogP contribution >= 0.6 is 11.6 Å². The van der Waals surface area contributed by atoms with E-state index in [9.17, 15) is 9.90 Å². The summed E-state index contributed by atoms with van der Waals surface area (Å²) >= 11 is 6.19. The van der Waals surface area contributed by atoms with Gasteiger partial charge >= 0.3 is 0 Å². The van der Waals surface area contributed by atoms with Gasteiger partial charge in [-0.3, -0.25) is 4.79 Å². The number of aliphatic hydroxyl groups is 1. The van der Waals surface area contributed by atoms with Crippen LogP contribution in [-0.2, 0) is 0 Å². The number of ether oxygens (including phenoxy) is 1. The Hall–Kier alpha value is -2.89. The molecule has 0 spiro atoms. The van der Waals surface area contributed by atoms with Crippen molar-refractivity contribution >= 4 is 23.5 Å². The minimum Gasteiger partial charge on any atom is -0.489 e. The monoisotopic (exact) mass is 525 g/mol. The summed E-state index contributed by atoms with van der Waals surface area (Å²) < 4.78 is 6.30. The van der Waals surface area contributed by atoms with Gasteiger partial charge in [-0.25, -0.2) is 9.97 Å². The number of anilines is 1. The lowest BCUT2D eigenvalue weighted by Gasteiger charge is -2.63. The first-order valence-electron chi connectivity index (χ1n) is 12.7. The summed E-state index contributed by atoms with van der Waals surface area (Å²) in [5.41, 5.74) is 0.0935. The van der Waals surface area contributed by atoms with Crippen LogP contribution in [0.15, 0.2) is 30.6 Å². The van der Waals surface area contributed by atoms with Crippen LogP contribution in [-0.4, -0.2) is 52.8 Å². The Morgan fingerprint density at radius 3 is 2.30 bits per heavy atom. The first kappa shape index (κ1) is 27.2. The molecule has 37 heavy (non-hydrogen) atoms. The maximum atomic E-state index is 13.2. The lowest BCUT2D eigenvalue weighted by molar-refractivity contribution is -0.164. The Morgan fingerprint density at radius 1 is 1.19 bits per heavy atom. The van der Waals surface area contributed by atoms with Gasteiger partial charge in [0.25, 0.3) is 5.91 Å². The van der Waals surface area contributed by atoms with Gasteiger partial charge in [0.1, 0.15) is 17.9 Å². The second kappa shape index (κ2) is 10.1. The molecule has 1 saturated heterocycles. The number of aliphatic hydroxyl groups excluding tert-OH is 1. The van der Waals surface area contributed by atoms with E-state index in [1.807, 2.05) is 0 Å². The number of benzene rings is 1. The summed E-state index contributed by atoms with van der Waals surface area (Å²) in [5.74, 6) is 1.91. The van der Waals surface area contributed by atoms with Crippen LogP contribution in [0.25, 0.3) is 0 Å². The van der Waals surface area contributed by atoms with Crippen molar-refractivity contribution in [1.29, 1.82) is 5.26 Å². The van der Waals surface area contributed by atoms with Gasteiger partial charge in [0, 0.05) is 55.0 Å². The van der Waals surface area contributed by atoms with Gasteiger partial charge in [0.05, 0.1) is 16.1 Å². The van der Waals surface area contributed by atoms with Crippen molar-refractivity contribution in [3.05, 3.63) is 46.7 Å². The van der Waals surface area contributed by atoms with Gasteiger partial charge in [-0.2, -0.15) is 5.26 Å². The molecule has 1 amide bonds. The predicted octanol–water partition coefficient (Wildman–Crippen LogP) is 4.31. The van der Waals surface area contributed by atoms with Crippen LogP contribution < -0.4 is 15.0 Å². The van der Waals surface area contributed by atoms with Gasteiger partial charge < -0.3 is 20.1 Å². The summed E-state index contributed by atoms with van der Waals surface area (Å²) in [5, 5.41) is 22.3. The maximum absolute atomic E-state index is 13.2. The number of nitrogens with zero attached hydrogens (tertiary/aromatic N) is 4. The van der Waals surface area contributed by atoms with Gasteiger partial charge in [0.15, 0.2) is 0 Å². The Labute approximate surface area is 224 Å². The zero-order valence-electron chi connectivity index (χ0n) is 22.3. The molecule has 0 bridgehead atoms. The van der Waals surface area contributed by atoms with E-state index >= 15 is 0 Å². The lowest BCUT2D eigenvalue weighted by atomic mass is 9.49. The molecular formula is C28H36ClN5O3. The molecule has 4 rings (SSSR count). The molecule has 1 aromatic heterocycles. The molecule has 1 unspecified atom stereocenters. The third-order valence-electron chi connectivity index (χ3n) is 8.30. The highest BCUT2D eigenvalue weighted by molar-refractivity contribution is 6.31. The average molecular weight is 526 g/mol. The predicted molar refractivity (Wildman–Crippen MR) is 143 cm³/mol. The number of piperidine rings is 1. The molecule has 9 heteroatoms. The molecule has 2 N–H and O–H groups in total. The maximum Gasteiger partial charge on any atom is 0.254 e. The number of nitriles is 1. The number of rotatable bonds is 6. The van der Waals surface area contributed by atoms with Crippen LogP contribution in [0, 0.1) is 39.9 Å². The van der Waals surface area contributed by atoms with Crippen molar-refractivity contribution in [1.82, 2.24) is 15.3 Å². The van der Waals surface area contributed by atoms with Crippen LogP contribution in [0.2, 0.25) is 5.02 Å². The van der Waals surface area contributed by atoms with Crippen molar-refractivity contribution in [2.75, 3.05) is 24.6 Å². The quantitative estimate of drug-likeness (QED) is 0.577. The average Bonchev–Trinajstić information content (AvgIpc) is 2.85. The number of hydrogen-bond acceptors (Lipinski definition) is 7. The number of carbonyl (C=O) groups excluding carboxylic acids is 1. The molecule has 0 radical (unpaired) electrons. The molecule has 2 heterocycles. The zero-order chi connectivity index (χ0) is 27.1.